The van der Waals surface area contributed by atoms with Gasteiger partial charge in [0, 0.05) is 30.7 Å². The van der Waals surface area contributed by atoms with Crippen molar-refractivity contribution >= 4 is 32.0 Å². The molecule has 1 heterocycles. The molecule has 2 aromatic carbocycles. The van der Waals surface area contributed by atoms with E-state index in [1.807, 2.05) is 31.2 Å². The van der Waals surface area contributed by atoms with Gasteiger partial charge in [-0.25, -0.2) is 13.2 Å². The van der Waals surface area contributed by atoms with Crippen LogP contribution in [0.25, 0.3) is 0 Å². The fraction of sp³-hybridized carbons (Fsp3) is 0.350. The number of nitrogens with one attached hydrogen (secondary N) is 1. The van der Waals surface area contributed by atoms with Crippen LogP contribution in [0.15, 0.2) is 57.9 Å². The molecule has 1 aliphatic rings. The minimum absolute atomic E-state index is 0.210. The summed E-state index contributed by atoms with van der Waals surface area (Å²) in [6.07, 6.45) is 0. The maximum atomic E-state index is 12.7. The van der Waals surface area contributed by atoms with Crippen molar-refractivity contribution in [1.29, 1.82) is 0 Å². The molecule has 1 fully saturated rings. The van der Waals surface area contributed by atoms with E-state index in [9.17, 15) is 13.2 Å². The van der Waals surface area contributed by atoms with Crippen LogP contribution in [-0.2, 0) is 10.0 Å². The zero-order chi connectivity index (χ0) is 20.9. The summed E-state index contributed by atoms with van der Waals surface area (Å²) < 4.78 is 33.3. The Bertz CT molecular complexity index is 925. The van der Waals surface area contributed by atoms with E-state index in [0.29, 0.717) is 26.2 Å². The monoisotopic (exact) mass is 481 g/mol. The van der Waals surface area contributed by atoms with Gasteiger partial charge in [0.25, 0.3) is 0 Å². The van der Waals surface area contributed by atoms with Gasteiger partial charge < -0.3 is 15.0 Å². The van der Waals surface area contributed by atoms with Gasteiger partial charge in [-0.2, -0.15) is 4.31 Å². The zero-order valence-corrected chi connectivity index (χ0v) is 18.6. The Morgan fingerprint density at radius 3 is 2.28 bits per heavy atom. The van der Waals surface area contributed by atoms with E-state index in [1.165, 1.54) is 4.31 Å². The molecule has 7 nitrogen and oxygen atoms in total. The number of nitrogens with zero attached hydrogens (tertiary/aromatic N) is 2. The van der Waals surface area contributed by atoms with Gasteiger partial charge in [0.15, 0.2) is 0 Å². The zero-order valence-electron chi connectivity index (χ0n) is 16.2. The number of hydrogen-bond acceptors (Lipinski definition) is 4. The molecule has 0 radical (unpaired) electrons. The van der Waals surface area contributed by atoms with Crippen molar-refractivity contribution in [2.75, 3.05) is 39.3 Å². The van der Waals surface area contributed by atoms with Crippen LogP contribution in [0.4, 0.5) is 4.79 Å². The Morgan fingerprint density at radius 2 is 1.66 bits per heavy atom. The van der Waals surface area contributed by atoms with Crippen molar-refractivity contribution < 1.29 is 17.9 Å². The first-order valence-corrected chi connectivity index (χ1v) is 11.6. The topological polar surface area (TPSA) is 79.0 Å². The largest absolute Gasteiger partial charge is 0.492 e. The summed E-state index contributed by atoms with van der Waals surface area (Å²) in [5, 5.41) is 2.81. The molecule has 1 aliphatic heterocycles. The number of halogens is 1. The molecule has 0 atom stereocenters. The van der Waals surface area contributed by atoms with E-state index in [2.05, 4.69) is 21.2 Å². The average Bonchev–Trinajstić information content (AvgIpc) is 2.73. The highest BCUT2D eigenvalue weighted by Gasteiger charge is 2.29. The lowest BCUT2D eigenvalue weighted by Crippen LogP contribution is -2.53. The summed E-state index contributed by atoms with van der Waals surface area (Å²) in [6, 6.07) is 14.1. The van der Waals surface area contributed by atoms with Gasteiger partial charge >= 0.3 is 6.03 Å². The van der Waals surface area contributed by atoms with Crippen LogP contribution >= 0.6 is 15.9 Å². The highest BCUT2D eigenvalue weighted by molar-refractivity contribution is 9.10. The molecule has 2 aromatic rings. The third-order valence-corrected chi connectivity index (χ3v) is 7.09. The lowest BCUT2D eigenvalue weighted by molar-refractivity contribution is 0.170. The van der Waals surface area contributed by atoms with E-state index < -0.39 is 10.0 Å². The van der Waals surface area contributed by atoms with Gasteiger partial charge in [0.05, 0.1) is 11.4 Å². The molecular formula is C20H24BrN3O4S. The SMILES string of the molecule is Cc1ccc(OCCNC(=O)N2CCN(S(=O)(=O)c3ccc(Br)cc3)CC2)cc1. The normalized spacial score (nSPS) is 15.2. The molecule has 1 saturated heterocycles. The minimum Gasteiger partial charge on any atom is -0.492 e. The average molecular weight is 482 g/mol. The number of sulfonamides is 1. The molecule has 0 aliphatic carbocycles. The van der Waals surface area contributed by atoms with Crippen molar-refractivity contribution in [3.05, 3.63) is 58.6 Å². The van der Waals surface area contributed by atoms with Crippen LogP contribution in [0.5, 0.6) is 5.75 Å². The Labute approximate surface area is 179 Å². The van der Waals surface area contributed by atoms with Gasteiger partial charge in [-0.1, -0.05) is 33.6 Å². The maximum Gasteiger partial charge on any atom is 0.317 e. The highest BCUT2D eigenvalue weighted by Crippen LogP contribution is 2.20. The van der Waals surface area contributed by atoms with Crippen LogP contribution in [-0.4, -0.2) is 63.0 Å². The number of urea groups is 1. The van der Waals surface area contributed by atoms with Crippen molar-refractivity contribution in [2.24, 2.45) is 0 Å². The number of aryl methyl sites for hydroxylation is 1. The summed E-state index contributed by atoms with van der Waals surface area (Å²) in [7, 11) is -3.55. The summed E-state index contributed by atoms with van der Waals surface area (Å²) in [5.41, 5.74) is 1.16. The second-order valence-electron chi connectivity index (χ2n) is 6.74. The van der Waals surface area contributed by atoms with E-state index >= 15 is 0 Å². The molecular weight excluding hydrogens is 458 g/mol. The maximum absolute atomic E-state index is 12.7. The molecule has 3 rings (SSSR count). The fourth-order valence-corrected chi connectivity index (χ4v) is 4.65. The Kier molecular flexibility index (Phi) is 7.15. The molecule has 29 heavy (non-hydrogen) atoms. The third-order valence-electron chi connectivity index (χ3n) is 4.65. The summed E-state index contributed by atoms with van der Waals surface area (Å²) in [6.45, 7) is 3.99. The number of carbonyl (C=O) groups excluding carboxylic acids is 1. The molecule has 0 bridgehead atoms. The lowest BCUT2D eigenvalue weighted by Gasteiger charge is -2.34. The second-order valence-corrected chi connectivity index (χ2v) is 9.59. The number of amides is 2. The predicted octanol–water partition coefficient (Wildman–Crippen LogP) is 2.85. The van der Waals surface area contributed by atoms with Crippen LogP contribution in [0.2, 0.25) is 0 Å². The number of ether oxygens (including phenoxy) is 1. The number of benzene rings is 2. The van der Waals surface area contributed by atoms with Crippen molar-refractivity contribution in [3.63, 3.8) is 0 Å². The van der Waals surface area contributed by atoms with Crippen LogP contribution in [0.3, 0.4) is 0 Å². The van der Waals surface area contributed by atoms with Gasteiger partial charge in [-0.05, 0) is 43.3 Å². The highest BCUT2D eigenvalue weighted by atomic mass is 79.9. The summed E-state index contributed by atoms with van der Waals surface area (Å²) in [4.78, 5) is 14.2. The Hall–Kier alpha value is -2.10. The standard InChI is InChI=1S/C20H24BrN3O4S/c1-16-2-6-18(7-3-16)28-15-10-22-20(25)23-11-13-24(14-12-23)29(26,27)19-8-4-17(21)5-9-19/h2-9H,10-15H2,1H3,(H,22,25). The minimum atomic E-state index is -3.55. The van der Waals surface area contributed by atoms with Crippen LogP contribution in [0.1, 0.15) is 5.56 Å². The van der Waals surface area contributed by atoms with Crippen molar-refractivity contribution in [3.8, 4) is 5.75 Å². The summed E-state index contributed by atoms with van der Waals surface area (Å²) in [5.74, 6) is 0.761. The number of piperazine rings is 1. The van der Waals surface area contributed by atoms with E-state index in [0.717, 1.165) is 15.8 Å². The van der Waals surface area contributed by atoms with E-state index in [4.69, 9.17) is 4.74 Å². The molecule has 0 aromatic heterocycles. The lowest BCUT2D eigenvalue weighted by atomic mass is 10.2. The first-order chi connectivity index (χ1) is 13.9. The van der Waals surface area contributed by atoms with Gasteiger partial charge in [-0.3, -0.25) is 0 Å². The Balaban J connectivity index is 1.43. The molecule has 0 spiro atoms. The van der Waals surface area contributed by atoms with Gasteiger partial charge in [-0.15, -0.1) is 0 Å². The quantitative estimate of drug-likeness (QED) is 0.643. The third kappa shape index (κ3) is 5.71. The fourth-order valence-electron chi connectivity index (χ4n) is 2.96. The van der Waals surface area contributed by atoms with E-state index in [-0.39, 0.29) is 24.0 Å². The van der Waals surface area contributed by atoms with Crippen molar-refractivity contribution in [1.82, 2.24) is 14.5 Å². The molecule has 1 N–H and O–H groups in total. The van der Waals surface area contributed by atoms with Gasteiger partial charge in [0.1, 0.15) is 12.4 Å². The summed E-state index contributed by atoms with van der Waals surface area (Å²) >= 11 is 3.31. The number of hydrogen-bond donors (Lipinski definition) is 1. The molecule has 0 unspecified atom stereocenters. The number of rotatable bonds is 6. The molecule has 9 heteroatoms. The Morgan fingerprint density at radius 1 is 1.03 bits per heavy atom. The van der Waals surface area contributed by atoms with E-state index in [1.54, 1.807) is 29.2 Å². The first-order valence-electron chi connectivity index (χ1n) is 9.34. The predicted molar refractivity (Wildman–Crippen MR) is 115 cm³/mol. The van der Waals surface area contributed by atoms with Crippen LogP contribution in [0, 0.1) is 6.92 Å². The molecule has 0 saturated carbocycles. The number of carbonyl (C=O) groups is 1. The first kappa shape index (κ1) is 21.6. The van der Waals surface area contributed by atoms with Gasteiger partial charge in [0.2, 0.25) is 10.0 Å². The second kappa shape index (κ2) is 9.60. The molecule has 156 valence electrons. The smallest absolute Gasteiger partial charge is 0.317 e. The van der Waals surface area contributed by atoms with Crippen LogP contribution < -0.4 is 10.1 Å². The van der Waals surface area contributed by atoms with Crippen molar-refractivity contribution in [2.45, 2.75) is 11.8 Å². The molecule has 2 amide bonds.